The number of hydrogen-bond donors (Lipinski definition) is 2. The van der Waals surface area contributed by atoms with E-state index in [1.165, 1.54) is 31.3 Å². The third-order valence-electron chi connectivity index (χ3n) is 5.98. The molecule has 0 saturated carbocycles. The minimum atomic E-state index is -4.42. The van der Waals surface area contributed by atoms with E-state index in [0.717, 1.165) is 10.6 Å². The molecule has 16 heteroatoms. The summed E-state index contributed by atoms with van der Waals surface area (Å²) in [6, 6.07) is 14.6. The van der Waals surface area contributed by atoms with Gasteiger partial charge in [0.15, 0.2) is 10.9 Å². The monoisotopic (exact) mass is 632 g/mol. The lowest BCUT2D eigenvalue weighted by atomic mass is 10.2. The fourth-order valence-electron chi connectivity index (χ4n) is 4.09. The molecule has 5 rings (SSSR count). The fraction of sp³-hybridized carbons (Fsp3) is 0.115. The number of sulfonamides is 1. The van der Waals surface area contributed by atoms with Crippen LogP contribution in [0.1, 0.15) is 5.56 Å². The number of nitrogens with zero attached hydrogens (tertiary/aromatic N) is 4. The van der Waals surface area contributed by atoms with Crippen molar-refractivity contribution in [2.75, 3.05) is 24.0 Å². The molecule has 12 nitrogen and oxygen atoms in total. The van der Waals surface area contributed by atoms with Crippen molar-refractivity contribution >= 4 is 61.3 Å². The number of nitrogens with one attached hydrogen (secondary N) is 1. The predicted octanol–water partition coefficient (Wildman–Crippen LogP) is 5.03. The van der Waals surface area contributed by atoms with Crippen LogP contribution in [0.5, 0.6) is 17.2 Å². The summed E-state index contributed by atoms with van der Waals surface area (Å²) in [4.78, 5) is 16.4. The van der Waals surface area contributed by atoms with Crippen LogP contribution in [-0.4, -0.2) is 43.6 Å². The number of methoxy groups -OCH3 is 2. The first kappa shape index (κ1) is 28.9. The number of benzene rings is 3. The average Bonchev–Trinajstić information content (AvgIpc) is 3.60. The zero-order valence-corrected chi connectivity index (χ0v) is 24.3. The Morgan fingerprint density at radius 2 is 1.90 bits per heavy atom. The molecule has 3 N–H and O–H groups in total. The van der Waals surface area contributed by atoms with E-state index in [1.54, 1.807) is 48.5 Å². The zero-order valence-electron chi connectivity index (χ0n) is 21.9. The van der Waals surface area contributed by atoms with Crippen LogP contribution in [-0.2, 0) is 16.6 Å². The van der Waals surface area contributed by atoms with Crippen molar-refractivity contribution in [2.45, 2.75) is 10.9 Å². The van der Waals surface area contributed by atoms with Crippen molar-refractivity contribution in [1.82, 2.24) is 14.9 Å². The van der Waals surface area contributed by atoms with Gasteiger partial charge in [-0.3, -0.25) is 0 Å². The number of nitrogens with two attached hydrogens (primary N) is 1. The summed E-state index contributed by atoms with van der Waals surface area (Å²) in [5.74, 6) is 0.957. The number of fused-ring (bicyclic) bond motifs is 1. The quantitative estimate of drug-likeness (QED) is 0.216. The van der Waals surface area contributed by atoms with Gasteiger partial charge in [0, 0.05) is 33.8 Å². The summed E-state index contributed by atoms with van der Waals surface area (Å²) >= 11 is 6.45. The van der Waals surface area contributed by atoms with Gasteiger partial charge >= 0.3 is 16.1 Å². The molecule has 0 fully saturated rings. The van der Waals surface area contributed by atoms with Crippen molar-refractivity contribution in [3.8, 4) is 17.2 Å². The lowest BCUT2D eigenvalue weighted by Crippen LogP contribution is -2.40. The number of anilines is 2. The van der Waals surface area contributed by atoms with Crippen LogP contribution in [0.25, 0.3) is 10.9 Å². The number of rotatable bonds is 10. The smallest absolute Gasteiger partial charge is 0.410 e. The number of halogens is 2. The second kappa shape index (κ2) is 11.7. The number of hydrogen-bond acceptors (Lipinski definition) is 10. The van der Waals surface area contributed by atoms with Gasteiger partial charge in [-0.05, 0) is 36.4 Å². The molecular formula is C26H22ClFN6O6S2. The normalized spacial score (nSPS) is 11.3. The Morgan fingerprint density at radius 3 is 2.60 bits per heavy atom. The van der Waals surface area contributed by atoms with Gasteiger partial charge in [0.05, 0.1) is 44.4 Å². The Labute approximate surface area is 248 Å². The van der Waals surface area contributed by atoms with Crippen LogP contribution in [0.15, 0.2) is 71.3 Å². The van der Waals surface area contributed by atoms with Gasteiger partial charge in [0.2, 0.25) is 4.34 Å². The van der Waals surface area contributed by atoms with Gasteiger partial charge < -0.3 is 25.3 Å². The molecule has 2 heterocycles. The first-order valence-corrected chi connectivity index (χ1v) is 14.6. The summed E-state index contributed by atoms with van der Waals surface area (Å²) in [7, 11) is -1.48. The van der Waals surface area contributed by atoms with Crippen molar-refractivity contribution in [3.63, 3.8) is 0 Å². The second-order valence-corrected chi connectivity index (χ2v) is 12.0. The van der Waals surface area contributed by atoms with Crippen molar-refractivity contribution < 1.29 is 31.8 Å². The number of carbonyl (C=O) groups is 1. The maximum Gasteiger partial charge on any atom is 0.410 e. The summed E-state index contributed by atoms with van der Waals surface area (Å²) in [5.41, 5.74) is 6.92. The van der Waals surface area contributed by atoms with E-state index in [2.05, 4.69) is 15.4 Å². The highest BCUT2D eigenvalue weighted by molar-refractivity contribution is 7.94. The number of aromatic nitrogens is 3. The predicted molar refractivity (Wildman–Crippen MR) is 155 cm³/mol. The van der Waals surface area contributed by atoms with Crippen molar-refractivity contribution in [1.29, 1.82) is 0 Å². The van der Waals surface area contributed by atoms with E-state index in [-0.39, 0.29) is 12.3 Å². The van der Waals surface area contributed by atoms with E-state index in [1.807, 2.05) is 0 Å². The number of carbonyl (C=O) groups excluding carboxylic acids is 1. The lowest BCUT2D eigenvalue weighted by Gasteiger charge is -2.24. The van der Waals surface area contributed by atoms with Crippen LogP contribution in [0, 0.1) is 5.13 Å². The minimum absolute atomic E-state index is 0.0843. The molecule has 0 atom stereocenters. The van der Waals surface area contributed by atoms with Crippen LogP contribution < -0.4 is 29.7 Å². The molecular weight excluding hydrogens is 611 g/mol. The Balaban J connectivity index is 1.62. The molecule has 42 heavy (non-hydrogen) atoms. The van der Waals surface area contributed by atoms with Crippen molar-refractivity contribution in [2.24, 2.45) is 5.73 Å². The zero-order chi connectivity index (χ0) is 30.0. The molecule has 0 aliphatic carbocycles. The Bertz CT molecular complexity index is 1900. The van der Waals surface area contributed by atoms with Gasteiger partial charge in [0.1, 0.15) is 11.5 Å². The van der Waals surface area contributed by atoms with Crippen LogP contribution in [0.3, 0.4) is 0 Å². The topological polar surface area (TPSA) is 151 Å². The summed E-state index contributed by atoms with van der Waals surface area (Å²) in [6.07, 6.45) is 1.27. The Hall–Kier alpha value is -4.60. The summed E-state index contributed by atoms with van der Waals surface area (Å²) in [5, 5.41) is 7.59. The van der Waals surface area contributed by atoms with Gasteiger partial charge in [0.25, 0.3) is 0 Å². The maximum absolute atomic E-state index is 13.9. The van der Waals surface area contributed by atoms with Crippen LogP contribution in [0.2, 0.25) is 5.02 Å². The number of ether oxygens (including phenoxy) is 3. The molecule has 218 valence electrons. The standard InChI is InChI=1S/C26H22ClFN6O6S2/c1-38-17-8-6-15(22(11-17)39-2)14-33(42(36,37)26-30-13-24(28)41-26)34-21-5-3-4-19(18(21)12-31-34)32-20-9-7-16(27)10-23(20)40-25(29)35/h3-13,32H,14H2,1-2H3,(H2,29,35). The van der Waals surface area contributed by atoms with E-state index >= 15 is 0 Å². The number of thiazole rings is 1. The SMILES string of the molecule is COc1ccc(CN(n2ncc3c(Nc4ccc(Cl)cc4OC(N)=O)cccc32)S(=O)(=O)c2ncc(F)s2)c(OC)c1. The molecule has 0 spiro atoms. The third-order valence-corrected chi connectivity index (χ3v) is 9.07. The molecule has 0 saturated heterocycles. The van der Waals surface area contributed by atoms with Gasteiger partial charge in [-0.15, -0.1) is 0 Å². The fourth-order valence-corrected chi connectivity index (χ4v) is 6.56. The largest absolute Gasteiger partial charge is 0.497 e. The molecule has 3 aromatic carbocycles. The second-order valence-electron chi connectivity index (χ2n) is 8.55. The van der Waals surface area contributed by atoms with Crippen LogP contribution in [0.4, 0.5) is 20.6 Å². The van der Waals surface area contributed by atoms with Gasteiger partial charge in [-0.25, -0.2) is 9.78 Å². The summed E-state index contributed by atoms with van der Waals surface area (Å²) < 4.78 is 58.0. The highest BCUT2D eigenvalue weighted by atomic mass is 35.5. The Morgan fingerprint density at radius 1 is 1.10 bits per heavy atom. The third kappa shape index (κ3) is 5.74. The van der Waals surface area contributed by atoms with Gasteiger partial charge in [-0.1, -0.05) is 29.0 Å². The van der Waals surface area contributed by atoms with E-state index in [0.29, 0.717) is 55.7 Å². The van der Waals surface area contributed by atoms with E-state index in [9.17, 15) is 17.6 Å². The van der Waals surface area contributed by atoms with E-state index in [4.69, 9.17) is 31.5 Å². The molecule has 0 aliphatic heterocycles. The molecule has 0 radical (unpaired) electrons. The molecule has 0 aliphatic rings. The number of amides is 1. The van der Waals surface area contributed by atoms with E-state index < -0.39 is 25.6 Å². The summed E-state index contributed by atoms with van der Waals surface area (Å²) in [6.45, 7) is -0.251. The molecule has 0 bridgehead atoms. The highest BCUT2D eigenvalue weighted by Gasteiger charge is 2.31. The van der Waals surface area contributed by atoms with Crippen molar-refractivity contribution in [3.05, 3.63) is 82.7 Å². The number of primary amides is 1. The molecule has 0 unspecified atom stereocenters. The highest BCUT2D eigenvalue weighted by Crippen LogP contribution is 2.35. The maximum atomic E-state index is 13.9. The molecule has 2 aromatic heterocycles. The molecule has 1 amide bonds. The van der Waals surface area contributed by atoms with Crippen LogP contribution >= 0.6 is 22.9 Å². The Kier molecular flexibility index (Phi) is 8.06. The minimum Gasteiger partial charge on any atom is -0.497 e. The average molecular weight is 633 g/mol. The lowest BCUT2D eigenvalue weighted by molar-refractivity contribution is 0.211. The molecule has 5 aromatic rings. The van der Waals surface area contributed by atoms with Gasteiger partial charge in [-0.2, -0.15) is 27.1 Å². The first-order chi connectivity index (χ1) is 20.1. The first-order valence-electron chi connectivity index (χ1n) is 12.0.